The SMILES string of the molecule is CC(C)n1ccc(CN2CCNC(C)(C3CC3)C2)n1. The summed E-state index contributed by atoms with van der Waals surface area (Å²) >= 11 is 0. The van der Waals surface area contributed by atoms with E-state index < -0.39 is 0 Å². The van der Waals surface area contributed by atoms with Gasteiger partial charge in [0.1, 0.15) is 0 Å². The lowest BCUT2D eigenvalue weighted by Gasteiger charge is -2.41. The molecule has 3 rings (SSSR count). The van der Waals surface area contributed by atoms with Crippen molar-refractivity contribution in [2.75, 3.05) is 19.6 Å². The fourth-order valence-corrected chi connectivity index (χ4v) is 3.21. The van der Waals surface area contributed by atoms with Crippen LogP contribution >= 0.6 is 0 Å². The van der Waals surface area contributed by atoms with E-state index in [1.165, 1.54) is 18.5 Å². The van der Waals surface area contributed by atoms with Crippen LogP contribution in [0.3, 0.4) is 0 Å². The van der Waals surface area contributed by atoms with E-state index in [4.69, 9.17) is 0 Å². The first-order valence-electron chi connectivity index (χ1n) is 7.58. The standard InChI is InChI=1S/C15H26N4/c1-12(2)19-8-6-14(17-19)10-18-9-7-16-15(3,11-18)13-4-5-13/h6,8,12-13,16H,4-5,7,9-11H2,1-3H3. The van der Waals surface area contributed by atoms with Gasteiger partial charge in [-0.15, -0.1) is 0 Å². The van der Waals surface area contributed by atoms with E-state index in [9.17, 15) is 0 Å². The molecule has 0 radical (unpaired) electrons. The van der Waals surface area contributed by atoms with Gasteiger partial charge in [0.25, 0.3) is 0 Å². The van der Waals surface area contributed by atoms with Crippen LogP contribution < -0.4 is 5.32 Å². The van der Waals surface area contributed by atoms with E-state index >= 15 is 0 Å². The number of piperazine rings is 1. The summed E-state index contributed by atoms with van der Waals surface area (Å²) in [5.74, 6) is 0.892. The first kappa shape index (κ1) is 13.1. The summed E-state index contributed by atoms with van der Waals surface area (Å²) in [5.41, 5.74) is 1.53. The van der Waals surface area contributed by atoms with E-state index in [1.807, 2.05) is 0 Å². The molecule has 0 bridgehead atoms. The molecular weight excluding hydrogens is 236 g/mol. The van der Waals surface area contributed by atoms with Crippen LogP contribution in [-0.2, 0) is 6.54 Å². The number of aromatic nitrogens is 2. The third-order valence-electron chi connectivity index (χ3n) is 4.57. The number of nitrogens with zero attached hydrogens (tertiary/aromatic N) is 3. The van der Waals surface area contributed by atoms with E-state index in [2.05, 4.69) is 53.0 Å². The number of hydrogen-bond donors (Lipinski definition) is 1. The molecule has 2 fully saturated rings. The van der Waals surface area contributed by atoms with Gasteiger partial charge in [0.05, 0.1) is 5.69 Å². The van der Waals surface area contributed by atoms with Gasteiger partial charge in [-0.1, -0.05) is 0 Å². The summed E-state index contributed by atoms with van der Waals surface area (Å²) in [6, 6.07) is 2.62. The fraction of sp³-hybridized carbons (Fsp3) is 0.800. The molecule has 1 saturated carbocycles. The molecule has 1 saturated heterocycles. The Morgan fingerprint density at radius 2 is 2.26 bits per heavy atom. The highest BCUT2D eigenvalue weighted by molar-refractivity contribution is 5.05. The van der Waals surface area contributed by atoms with E-state index in [0.29, 0.717) is 11.6 Å². The van der Waals surface area contributed by atoms with Gasteiger partial charge in [0.2, 0.25) is 0 Å². The number of nitrogens with one attached hydrogen (secondary N) is 1. The van der Waals surface area contributed by atoms with Crippen LogP contribution in [0, 0.1) is 5.92 Å². The minimum Gasteiger partial charge on any atom is -0.309 e. The predicted octanol–water partition coefficient (Wildman–Crippen LogP) is 2.04. The third-order valence-corrected chi connectivity index (χ3v) is 4.57. The van der Waals surface area contributed by atoms with E-state index in [1.54, 1.807) is 0 Å². The molecule has 1 aromatic heterocycles. The summed E-state index contributed by atoms with van der Waals surface area (Å²) in [6.07, 6.45) is 4.90. The highest BCUT2D eigenvalue weighted by atomic mass is 15.3. The first-order valence-corrected chi connectivity index (χ1v) is 7.58. The molecule has 2 aliphatic rings. The molecule has 0 aromatic carbocycles. The highest BCUT2D eigenvalue weighted by Crippen LogP contribution is 2.40. The normalized spacial score (nSPS) is 29.1. The van der Waals surface area contributed by atoms with Gasteiger partial charge >= 0.3 is 0 Å². The molecule has 1 aliphatic heterocycles. The lowest BCUT2D eigenvalue weighted by atomic mass is 9.93. The van der Waals surface area contributed by atoms with Gasteiger partial charge in [-0.3, -0.25) is 9.58 Å². The van der Waals surface area contributed by atoms with Gasteiger partial charge in [0.15, 0.2) is 0 Å². The summed E-state index contributed by atoms with van der Waals surface area (Å²) in [7, 11) is 0. The molecule has 1 aromatic rings. The Hall–Kier alpha value is -0.870. The van der Waals surface area contributed by atoms with Gasteiger partial charge < -0.3 is 5.32 Å². The largest absolute Gasteiger partial charge is 0.309 e. The second-order valence-electron chi connectivity index (χ2n) is 6.71. The lowest BCUT2D eigenvalue weighted by molar-refractivity contribution is 0.120. The lowest BCUT2D eigenvalue weighted by Crippen LogP contribution is -2.59. The van der Waals surface area contributed by atoms with Crippen molar-refractivity contribution in [3.8, 4) is 0 Å². The van der Waals surface area contributed by atoms with Crippen molar-refractivity contribution in [2.24, 2.45) is 5.92 Å². The van der Waals surface area contributed by atoms with Crippen LogP contribution in [-0.4, -0.2) is 39.9 Å². The Labute approximate surface area is 116 Å². The Morgan fingerprint density at radius 1 is 1.47 bits per heavy atom. The molecule has 2 heterocycles. The van der Waals surface area contributed by atoms with Crippen LogP contribution in [0.4, 0.5) is 0 Å². The molecule has 106 valence electrons. The molecule has 1 atom stereocenters. The van der Waals surface area contributed by atoms with Gasteiger partial charge in [0, 0.05) is 44.0 Å². The van der Waals surface area contributed by atoms with Crippen LogP contribution in [0.5, 0.6) is 0 Å². The Kier molecular flexibility index (Phi) is 3.39. The smallest absolute Gasteiger partial charge is 0.0764 e. The average molecular weight is 262 g/mol. The average Bonchev–Trinajstić information content (AvgIpc) is 3.11. The highest BCUT2D eigenvalue weighted by Gasteiger charge is 2.43. The van der Waals surface area contributed by atoms with Crippen LogP contribution in [0.25, 0.3) is 0 Å². The number of hydrogen-bond acceptors (Lipinski definition) is 3. The van der Waals surface area contributed by atoms with Crippen molar-refractivity contribution in [3.63, 3.8) is 0 Å². The van der Waals surface area contributed by atoms with Crippen molar-refractivity contribution in [1.82, 2.24) is 20.0 Å². The first-order chi connectivity index (χ1) is 9.07. The van der Waals surface area contributed by atoms with Gasteiger partial charge in [-0.25, -0.2) is 0 Å². The van der Waals surface area contributed by atoms with Gasteiger partial charge in [-0.2, -0.15) is 5.10 Å². The maximum absolute atomic E-state index is 4.67. The molecule has 1 aliphatic carbocycles. The van der Waals surface area contributed by atoms with Crippen molar-refractivity contribution in [1.29, 1.82) is 0 Å². The van der Waals surface area contributed by atoms with Crippen molar-refractivity contribution < 1.29 is 0 Å². The maximum Gasteiger partial charge on any atom is 0.0764 e. The van der Waals surface area contributed by atoms with E-state index in [-0.39, 0.29) is 0 Å². The zero-order valence-corrected chi connectivity index (χ0v) is 12.4. The molecule has 1 unspecified atom stereocenters. The van der Waals surface area contributed by atoms with Crippen LogP contribution in [0.1, 0.15) is 45.3 Å². The van der Waals surface area contributed by atoms with Crippen LogP contribution in [0.2, 0.25) is 0 Å². The third kappa shape index (κ3) is 2.84. The second kappa shape index (κ2) is 4.91. The van der Waals surface area contributed by atoms with Crippen molar-refractivity contribution in [3.05, 3.63) is 18.0 Å². The Bertz CT molecular complexity index is 435. The maximum atomic E-state index is 4.67. The zero-order chi connectivity index (χ0) is 13.5. The zero-order valence-electron chi connectivity index (χ0n) is 12.4. The van der Waals surface area contributed by atoms with Gasteiger partial charge in [-0.05, 0) is 45.6 Å². The minimum atomic E-state index is 0.332. The molecule has 1 N–H and O–H groups in total. The van der Waals surface area contributed by atoms with Crippen molar-refractivity contribution in [2.45, 2.75) is 51.7 Å². The molecule has 4 nitrogen and oxygen atoms in total. The van der Waals surface area contributed by atoms with Crippen molar-refractivity contribution >= 4 is 0 Å². The predicted molar refractivity (Wildman–Crippen MR) is 77.0 cm³/mol. The Balaban J connectivity index is 1.62. The summed E-state index contributed by atoms with van der Waals surface area (Å²) in [5, 5.41) is 8.40. The van der Waals surface area contributed by atoms with Crippen LogP contribution in [0.15, 0.2) is 12.3 Å². The minimum absolute atomic E-state index is 0.332. The molecule has 4 heteroatoms. The Morgan fingerprint density at radius 3 is 2.89 bits per heavy atom. The summed E-state index contributed by atoms with van der Waals surface area (Å²) < 4.78 is 2.05. The topological polar surface area (TPSA) is 33.1 Å². The van der Waals surface area contributed by atoms with E-state index in [0.717, 1.165) is 32.1 Å². The fourth-order valence-electron chi connectivity index (χ4n) is 3.21. The quantitative estimate of drug-likeness (QED) is 0.901. The summed E-state index contributed by atoms with van der Waals surface area (Å²) in [4.78, 5) is 2.56. The second-order valence-corrected chi connectivity index (χ2v) is 6.71. The number of rotatable bonds is 4. The molecular formula is C15H26N4. The molecule has 19 heavy (non-hydrogen) atoms. The monoisotopic (exact) mass is 262 g/mol. The molecule has 0 spiro atoms. The summed E-state index contributed by atoms with van der Waals surface area (Å²) in [6.45, 7) is 11.1. The molecule has 0 amide bonds.